The Morgan fingerprint density at radius 3 is 2.45 bits per heavy atom. The smallest absolute Gasteiger partial charge is 0.422 e. The predicted octanol–water partition coefficient (Wildman–Crippen LogP) is 2.03. The van der Waals surface area contributed by atoms with Crippen LogP contribution in [0.4, 0.5) is 19.0 Å². The van der Waals surface area contributed by atoms with Crippen LogP contribution in [0.1, 0.15) is 12.8 Å². The minimum Gasteiger partial charge on any atom is -0.467 e. The fourth-order valence-electron chi connectivity index (χ4n) is 2.04. The number of alkyl halides is 3. The van der Waals surface area contributed by atoms with Gasteiger partial charge >= 0.3 is 6.18 Å². The molecule has 0 spiro atoms. The molecule has 0 radical (unpaired) electrons. The van der Waals surface area contributed by atoms with E-state index in [9.17, 15) is 13.2 Å². The van der Waals surface area contributed by atoms with Crippen LogP contribution in [-0.4, -0.2) is 49.3 Å². The Kier molecular flexibility index (Phi) is 4.64. The number of anilines is 1. The lowest BCUT2D eigenvalue weighted by Gasteiger charge is -2.31. The van der Waals surface area contributed by atoms with Gasteiger partial charge < -0.3 is 14.4 Å². The summed E-state index contributed by atoms with van der Waals surface area (Å²) in [6, 6.07) is 3.02. The molecule has 0 unspecified atom stereocenters. The van der Waals surface area contributed by atoms with Crippen molar-refractivity contribution in [1.29, 1.82) is 0 Å². The molecular weight excluding hydrogens is 275 g/mol. The molecule has 0 aliphatic carbocycles. The number of hydrogen-bond acceptors (Lipinski definition) is 5. The van der Waals surface area contributed by atoms with Crippen molar-refractivity contribution in [1.82, 2.24) is 10.2 Å². The molecule has 1 fully saturated rings. The molecule has 1 aromatic rings. The van der Waals surface area contributed by atoms with Gasteiger partial charge in [-0.15, -0.1) is 10.2 Å². The van der Waals surface area contributed by atoms with Gasteiger partial charge in [0.25, 0.3) is 0 Å². The van der Waals surface area contributed by atoms with Gasteiger partial charge in [0.05, 0.1) is 6.10 Å². The summed E-state index contributed by atoms with van der Waals surface area (Å²) in [5, 5.41) is 7.55. The lowest BCUT2D eigenvalue weighted by Crippen LogP contribution is -2.37. The first-order valence-corrected chi connectivity index (χ1v) is 6.29. The number of halogens is 3. The van der Waals surface area contributed by atoms with Crippen molar-refractivity contribution >= 4 is 5.82 Å². The lowest BCUT2D eigenvalue weighted by atomic mass is 10.1. The first-order chi connectivity index (χ1) is 9.48. The van der Waals surface area contributed by atoms with Gasteiger partial charge in [-0.25, -0.2) is 0 Å². The summed E-state index contributed by atoms with van der Waals surface area (Å²) < 4.78 is 45.7. The van der Waals surface area contributed by atoms with Crippen LogP contribution in [0.2, 0.25) is 0 Å². The molecule has 1 aliphatic rings. The Balaban J connectivity index is 1.88. The van der Waals surface area contributed by atoms with Crippen LogP contribution in [0.3, 0.4) is 0 Å². The molecule has 0 aromatic carbocycles. The van der Waals surface area contributed by atoms with Crippen molar-refractivity contribution in [3.63, 3.8) is 0 Å². The van der Waals surface area contributed by atoms with Gasteiger partial charge in [0.2, 0.25) is 5.88 Å². The van der Waals surface area contributed by atoms with E-state index >= 15 is 0 Å². The van der Waals surface area contributed by atoms with E-state index in [2.05, 4.69) is 14.9 Å². The standard InChI is InChI=1S/C12H16F3N3O2/c1-19-9-4-6-18(7-5-9)10-2-3-11(17-16-10)20-8-12(13,14)15/h2-3,9H,4-8H2,1H3. The van der Waals surface area contributed by atoms with E-state index in [1.165, 1.54) is 6.07 Å². The second-order valence-electron chi connectivity index (χ2n) is 4.56. The molecule has 2 heterocycles. The van der Waals surface area contributed by atoms with Gasteiger partial charge in [0.15, 0.2) is 12.4 Å². The topological polar surface area (TPSA) is 47.5 Å². The first-order valence-electron chi connectivity index (χ1n) is 6.29. The molecule has 0 saturated carbocycles. The zero-order valence-electron chi connectivity index (χ0n) is 11.1. The van der Waals surface area contributed by atoms with Crippen molar-refractivity contribution in [2.45, 2.75) is 25.1 Å². The lowest BCUT2D eigenvalue weighted by molar-refractivity contribution is -0.154. The van der Waals surface area contributed by atoms with Gasteiger partial charge in [0.1, 0.15) is 0 Å². The van der Waals surface area contributed by atoms with E-state index in [1.807, 2.05) is 4.90 Å². The van der Waals surface area contributed by atoms with Gasteiger partial charge in [-0.2, -0.15) is 13.2 Å². The predicted molar refractivity (Wildman–Crippen MR) is 65.8 cm³/mol. The van der Waals surface area contributed by atoms with Gasteiger partial charge in [-0.1, -0.05) is 0 Å². The fourth-order valence-corrected chi connectivity index (χ4v) is 2.04. The van der Waals surface area contributed by atoms with E-state index in [1.54, 1.807) is 13.2 Å². The van der Waals surface area contributed by atoms with E-state index in [-0.39, 0.29) is 12.0 Å². The quantitative estimate of drug-likeness (QED) is 0.849. The molecule has 1 aromatic heterocycles. The van der Waals surface area contributed by atoms with E-state index in [0.29, 0.717) is 5.82 Å². The maximum atomic E-state index is 12.0. The summed E-state index contributed by atoms with van der Waals surface area (Å²) in [6.07, 6.45) is -2.33. The molecule has 8 heteroatoms. The number of hydrogen-bond donors (Lipinski definition) is 0. The average Bonchev–Trinajstić information content (AvgIpc) is 2.45. The third-order valence-electron chi connectivity index (χ3n) is 3.11. The van der Waals surface area contributed by atoms with Crippen LogP contribution in [0.5, 0.6) is 5.88 Å². The first kappa shape index (κ1) is 14.8. The number of methoxy groups -OCH3 is 1. The normalized spacial score (nSPS) is 17.3. The minimum absolute atomic E-state index is 0.127. The molecule has 2 rings (SSSR count). The minimum atomic E-state index is -4.37. The Bertz CT molecular complexity index is 417. The van der Waals surface area contributed by atoms with Crippen molar-refractivity contribution in [2.75, 3.05) is 31.7 Å². The number of piperidine rings is 1. The molecule has 0 bridgehead atoms. The van der Waals surface area contributed by atoms with Crippen molar-refractivity contribution in [3.05, 3.63) is 12.1 Å². The molecular formula is C12H16F3N3O2. The van der Waals surface area contributed by atoms with E-state index in [0.717, 1.165) is 25.9 Å². The van der Waals surface area contributed by atoms with E-state index < -0.39 is 12.8 Å². The summed E-state index contributed by atoms with van der Waals surface area (Å²) in [5.74, 6) is 0.511. The summed E-state index contributed by atoms with van der Waals surface area (Å²) in [6.45, 7) is 0.214. The zero-order chi connectivity index (χ0) is 14.6. The summed E-state index contributed by atoms with van der Waals surface area (Å²) in [4.78, 5) is 2.02. The fraction of sp³-hybridized carbons (Fsp3) is 0.667. The van der Waals surface area contributed by atoms with Crippen LogP contribution in [0, 0.1) is 0 Å². The average molecular weight is 291 g/mol. The third-order valence-corrected chi connectivity index (χ3v) is 3.11. The summed E-state index contributed by atoms with van der Waals surface area (Å²) in [5.41, 5.74) is 0. The number of rotatable bonds is 4. The molecule has 0 amide bonds. The largest absolute Gasteiger partial charge is 0.467 e. The van der Waals surface area contributed by atoms with E-state index in [4.69, 9.17) is 4.74 Å². The van der Waals surface area contributed by atoms with Crippen molar-refractivity contribution in [3.8, 4) is 5.88 Å². The second-order valence-corrected chi connectivity index (χ2v) is 4.56. The Morgan fingerprint density at radius 2 is 1.95 bits per heavy atom. The molecule has 1 aliphatic heterocycles. The van der Waals surface area contributed by atoms with Gasteiger partial charge in [0, 0.05) is 26.3 Å². The SMILES string of the molecule is COC1CCN(c2ccc(OCC(F)(F)F)nn2)CC1. The Labute approximate surface area is 114 Å². The molecule has 5 nitrogen and oxygen atoms in total. The van der Waals surface area contributed by atoms with Crippen LogP contribution >= 0.6 is 0 Å². The molecule has 20 heavy (non-hydrogen) atoms. The van der Waals surface area contributed by atoms with Crippen LogP contribution in [0.25, 0.3) is 0 Å². The van der Waals surface area contributed by atoms with Gasteiger partial charge in [-0.3, -0.25) is 0 Å². The number of ether oxygens (including phenoxy) is 2. The van der Waals surface area contributed by atoms with Crippen molar-refractivity contribution < 1.29 is 22.6 Å². The molecule has 0 atom stereocenters. The molecule has 0 N–H and O–H groups in total. The number of aromatic nitrogens is 2. The zero-order valence-corrected chi connectivity index (χ0v) is 11.1. The highest BCUT2D eigenvalue weighted by Crippen LogP contribution is 2.21. The highest BCUT2D eigenvalue weighted by atomic mass is 19.4. The van der Waals surface area contributed by atoms with Gasteiger partial charge in [-0.05, 0) is 18.9 Å². The maximum Gasteiger partial charge on any atom is 0.422 e. The Morgan fingerprint density at radius 1 is 1.25 bits per heavy atom. The highest BCUT2D eigenvalue weighted by molar-refractivity contribution is 5.38. The highest BCUT2D eigenvalue weighted by Gasteiger charge is 2.28. The maximum absolute atomic E-state index is 12.0. The van der Waals surface area contributed by atoms with Crippen LogP contribution in [0.15, 0.2) is 12.1 Å². The molecule has 112 valence electrons. The van der Waals surface area contributed by atoms with Crippen molar-refractivity contribution in [2.24, 2.45) is 0 Å². The number of nitrogens with zero attached hydrogens (tertiary/aromatic N) is 3. The summed E-state index contributed by atoms with van der Waals surface area (Å²) >= 11 is 0. The third kappa shape index (κ3) is 4.22. The molecule has 1 saturated heterocycles. The Hall–Kier alpha value is -1.57. The second kappa shape index (κ2) is 6.25. The van der Waals surface area contributed by atoms with Crippen LogP contribution < -0.4 is 9.64 Å². The van der Waals surface area contributed by atoms with Crippen LogP contribution in [-0.2, 0) is 4.74 Å². The summed E-state index contributed by atoms with van der Waals surface area (Å²) in [7, 11) is 1.69. The monoisotopic (exact) mass is 291 g/mol.